The van der Waals surface area contributed by atoms with Gasteiger partial charge in [0.05, 0.1) is 12.2 Å². The third kappa shape index (κ3) is 2.04. The van der Waals surface area contributed by atoms with Gasteiger partial charge in [0.2, 0.25) is 0 Å². The van der Waals surface area contributed by atoms with Gasteiger partial charge in [-0.25, -0.2) is 4.68 Å². The Bertz CT molecular complexity index is 653. The lowest BCUT2D eigenvalue weighted by atomic mass is 10.0. The van der Waals surface area contributed by atoms with Crippen LogP contribution in [0, 0.1) is 11.3 Å². The number of alkyl halides is 3. The van der Waals surface area contributed by atoms with Gasteiger partial charge in [0.15, 0.2) is 6.04 Å². The Balaban J connectivity index is 2.06. The van der Waals surface area contributed by atoms with E-state index in [0.29, 0.717) is 0 Å². The van der Waals surface area contributed by atoms with Crippen molar-refractivity contribution in [3.05, 3.63) is 34.2 Å². The highest BCUT2D eigenvalue weighted by molar-refractivity contribution is 7.10. The molecule has 0 unspecified atom stereocenters. The number of nitriles is 1. The highest BCUT2D eigenvalue weighted by Crippen LogP contribution is 2.44. The summed E-state index contributed by atoms with van der Waals surface area (Å²) in [5.41, 5.74) is 0.125. The second-order valence-electron chi connectivity index (χ2n) is 4.47. The van der Waals surface area contributed by atoms with E-state index in [-0.39, 0.29) is 17.8 Å². The molecule has 2 atom stereocenters. The molecular weight excluding hydrogens is 289 g/mol. The van der Waals surface area contributed by atoms with Gasteiger partial charge in [-0.3, -0.25) is 0 Å². The minimum atomic E-state index is -4.40. The van der Waals surface area contributed by atoms with E-state index in [4.69, 9.17) is 5.26 Å². The van der Waals surface area contributed by atoms with Crippen molar-refractivity contribution in [2.24, 2.45) is 0 Å². The fourth-order valence-electron chi connectivity index (χ4n) is 2.32. The Hall–Kier alpha value is -2.01. The van der Waals surface area contributed by atoms with Crippen molar-refractivity contribution in [2.45, 2.75) is 24.7 Å². The number of fused-ring (bicyclic) bond motifs is 1. The van der Waals surface area contributed by atoms with Gasteiger partial charge in [0, 0.05) is 11.3 Å². The van der Waals surface area contributed by atoms with Gasteiger partial charge >= 0.3 is 6.18 Å². The smallest absolute Gasteiger partial charge is 0.361 e. The molecule has 3 rings (SSSR count). The fraction of sp³-hybridized carbons (Fsp3) is 0.333. The molecule has 0 spiro atoms. The van der Waals surface area contributed by atoms with E-state index in [1.165, 1.54) is 11.3 Å². The molecule has 3 heterocycles. The summed E-state index contributed by atoms with van der Waals surface area (Å²) < 4.78 is 40.4. The van der Waals surface area contributed by atoms with E-state index in [1.54, 1.807) is 12.1 Å². The van der Waals surface area contributed by atoms with E-state index in [0.717, 1.165) is 15.8 Å². The molecule has 2 aromatic rings. The molecule has 1 N–H and O–H groups in total. The quantitative estimate of drug-likeness (QED) is 0.877. The molecule has 2 aromatic heterocycles. The molecule has 20 heavy (non-hydrogen) atoms. The van der Waals surface area contributed by atoms with Gasteiger partial charge in [-0.1, -0.05) is 6.07 Å². The van der Waals surface area contributed by atoms with Gasteiger partial charge < -0.3 is 5.32 Å². The molecule has 0 aromatic carbocycles. The first-order valence-electron chi connectivity index (χ1n) is 5.85. The van der Waals surface area contributed by atoms with Crippen LogP contribution in [0.3, 0.4) is 0 Å². The van der Waals surface area contributed by atoms with Crippen LogP contribution < -0.4 is 5.32 Å². The number of nitrogens with zero attached hydrogens (tertiary/aromatic N) is 3. The highest BCUT2D eigenvalue weighted by atomic mass is 32.1. The van der Waals surface area contributed by atoms with Gasteiger partial charge in [0.25, 0.3) is 0 Å². The minimum Gasteiger partial charge on any atom is -0.361 e. The third-order valence-electron chi connectivity index (χ3n) is 3.25. The first kappa shape index (κ1) is 13.0. The van der Waals surface area contributed by atoms with E-state index < -0.39 is 18.3 Å². The van der Waals surface area contributed by atoms with Crippen LogP contribution in [0.15, 0.2) is 23.7 Å². The number of nitrogens with one attached hydrogen (secondary N) is 1. The molecule has 0 aliphatic carbocycles. The van der Waals surface area contributed by atoms with E-state index in [1.807, 2.05) is 11.4 Å². The average Bonchev–Trinajstić information content (AvgIpc) is 3.05. The van der Waals surface area contributed by atoms with E-state index in [2.05, 4.69) is 10.4 Å². The standard InChI is InChI=1S/C12H9F3N4S/c13-12(14,15)10-4-8(9-2-1-3-20-9)18-11-7(5-16)6-17-19(10)11/h1-3,6,8,10,18H,4H2/t8-,10-/m1/s1. The highest BCUT2D eigenvalue weighted by Gasteiger charge is 2.47. The number of aromatic nitrogens is 2. The van der Waals surface area contributed by atoms with Crippen LogP contribution in [-0.2, 0) is 0 Å². The predicted molar refractivity (Wildman–Crippen MR) is 67.3 cm³/mol. The molecule has 0 radical (unpaired) electrons. The van der Waals surface area contributed by atoms with Crippen molar-refractivity contribution in [3.8, 4) is 6.07 Å². The van der Waals surface area contributed by atoms with Crippen LogP contribution in [0.4, 0.5) is 19.0 Å². The summed E-state index contributed by atoms with van der Waals surface area (Å²) in [5, 5.41) is 17.5. The predicted octanol–water partition coefficient (Wildman–Crippen LogP) is 3.48. The number of hydrogen-bond acceptors (Lipinski definition) is 4. The topological polar surface area (TPSA) is 53.6 Å². The second kappa shape index (κ2) is 4.52. The largest absolute Gasteiger partial charge is 0.410 e. The Labute approximate surface area is 116 Å². The minimum absolute atomic E-state index is 0.125. The maximum Gasteiger partial charge on any atom is 0.410 e. The lowest BCUT2D eigenvalue weighted by Crippen LogP contribution is -2.35. The number of thiophene rings is 1. The summed E-state index contributed by atoms with van der Waals surface area (Å²) in [6.45, 7) is 0. The van der Waals surface area contributed by atoms with Crippen molar-refractivity contribution in [3.63, 3.8) is 0 Å². The number of rotatable bonds is 1. The van der Waals surface area contributed by atoms with Gasteiger partial charge in [0.1, 0.15) is 17.5 Å². The van der Waals surface area contributed by atoms with Crippen LogP contribution in [0.2, 0.25) is 0 Å². The summed E-state index contributed by atoms with van der Waals surface area (Å²) in [5.74, 6) is 0.138. The molecule has 0 saturated carbocycles. The number of anilines is 1. The first-order valence-corrected chi connectivity index (χ1v) is 6.73. The zero-order valence-corrected chi connectivity index (χ0v) is 10.9. The lowest BCUT2D eigenvalue weighted by molar-refractivity contribution is -0.173. The Morgan fingerprint density at radius 3 is 2.90 bits per heavy atom. The van der Waals surface area contributed by atoms with Crippen LogP contribution >= 0.6 is 11.3 Å². The van der Waals surface area contributed by atoms with Gasteiger partial charge in [-0.2, -0.15) is 23.5 Å². The Morgan fingerprint density at radius 1 is 1.50 bits per heavy atom. The molecule has 104 valence electrons. The van der Waals surface area contributed by atoms with Crippen molar-refractivity contribution in [2.75, 3.05) is 5.32 Å². The first-order chi connectivity index (χ1) is 9.50. The molecule has 1 aliphatic heterocycles. The monoisotopic (exact) mass is 298 g/mol. The lowest BCUT2D eigenvalue weighted by Gasteiger charge is -2.33. The Kier molecular flexibility index (Phi) is 2.94. The van der Waals surface area contributed by atoms with Crippen molar-refractivity contribution >= 4 is 17.2 Å². The van der Waals surface area contributed by atoms with Crippen molar-refractivity contribution in [1.82, 2.24) is 9.78 Å². The molecule has 4 nitrogen and oxygen atoms in total. The molecule has 0 fully saturated rings. The molecule has 0 amide bonds. The molecule has 0 saturated heterocycles. The maximum atomic E-state index is 13.2. The summed E-state index contributed by atoms with van der Waals surface area (Å²) >= 11 is 1.39. The van der Waals surface area contributed by atoms with Crippen LogP contribution in [0.25, 0.3) is 0 Å². The van der Waals surface area contributed by atoms with Crippen molar-refractivity contribution in [1.29, 1.82) is 5.26 Å². The zero-order valence-electron chi connectivity index (χ0n) is 10.1. The SMILES string of the molecule is N#Cc1cnn2c1N[C@@H](c1cccs1)C[C@@H]2C(F)(F)F. The molecular formula is C12H9F3N4S. The molecule has 8 heteroatoms. The number of halogens is 3. The van der Waals surface area contributed by atoms with Gasteiger partial charge in [-0.05, 0) is 11.4 Å². The molecule has 0 bridgehead atoms. The van der Waals surface area contributed by atoms with Crippen LogP contribution in [-0.4, -0.2) is 16.0 Å². The maximum absolute atomic E-state index is 13.2. The normalized spacial score (nSPS) is 21.9. The summed E-state index contributed by atoms with van der Waals surface area (Å²) in [6.07, 6.45) is -3.37. The summed E-state index contributed by atoms with van der Waals surface area (Å²) in [4.78, 5) is 0.815. The van der Waals surface area contributed by atoms with Crippen molar-refractivity contribution < 1.29 is 13.2 Å². The van der Waals surface area contributed by atoms with E-state index >= 15 is 0 Å². The third-order valence-corrected chi connectivity index (χ3v) is 4.23. The molecule has 1 aliphatic rings. The van der Waals surface area contributed by atoms with E-state index in [9.17, 15) is 13.2 Å². The van der Waals surface area contributed by atoms with Crippen LogP contribution in [0.1, 0.15) is 28.9 Å². The van der Waals surface area contributed by atoms with Gasteiger partial charge in [-0.15, -0.1) is 11.3 Å². The number of hydrogen-bond donors (Lipinski definition) is 1. The second-order valence-corrected chi connectivity index (χ2v) is 5.45. The average molecular weight is 298 g/mol. The fourth-order valence-corrected chi connectivity index (χ4v) is 3.11. The zero-order chi connectivity index (χ0) is 14.3. The van der Waals surface area contributed by atoms with Crippen LogP contribution in [0.5, 0.6) is 0 Å². The summed E-state index contributed by atoms with van der Waals surface area (Å²) in [7, 11) is 0. The summed E-state index contributed by atoms with van der Waals surface area (Å²) in [6, 6.07) is 3.27. The Morgan fingerprint density at radius 2 is 2.30 bits per heavy atom.